The fraction of sp³-hybridized carbons (Fsp3) is 0.600. The summed E-state index contributed by atoms with van der Waals surface area (Å²) >= 11 is 0. The lowest BCUT2D eigenvalue weighted by atomic mass is 9.94. The molecular formula is C15H23N3O3. The summed E-state index contributed by atoms with van der Waals surface area (Å²) in [5.74, 6) is 1.10. The van der Waals surface area contributed by atoms with Crippen molar-refractivity contribution in [2.75, 3.05) is 27.2 Å². The number of ether oxygens (including phenoxy) is 1. The smallest absolute Gasteiger partial charge is 0.273 e. The lowest BCUT2D eigenvalue weighted by molar-refractivity contribution is -0.385. The van der Waals surface area contributed by atoms with Crippen LogP contribution in [0.1, 0.15) is 18.9 Å². The third kappa shape index (κ3) is 4.15. The van der Waals surface area contributed by atoms with Gasteiger partial charge in [-0.15, -0.1) is 0 Å². The van der Waals surface area contributed by atoms with Crippen molar-refractivity contribution < 1.29 is 9.66 Å². The third-order valence-electron chi connectivity index (χ3n) is 4.07. The predicted octanol–water partition coefficient (Wildman–Crippen LogP) is 2.03. The number of rotatable bonds is 5. The number of piperidine rings is 1. The van der Waals surface area contributed by atoms with Gasteiger partial charge in [-0.05, 0) is 37.6 Å². The maximum absolute atomic E-state index is 10.9. The van der Waals surface area contributed by atoms with Crippen molar-refractivity contribution in [1.29, 1.82) is 0 Å². The van der Waals surface area contributed by atoms with Gasteiger partial charge in [0.15, 0.2) is 0 Å². The summed E-state index contributed by atoms with van der Waals surface area (Å²) < 4.78 is 5.13. The van der Waals surface area contributed by atoms with Crippen molar-refractivity contribution in [3.05, 3.63) is 33.9 Å². The first-order valence-electron chi connectivity index (χ1n) is 7.24. The number of benzene rings is 1. The summed E-state index contributed by atoms with van der Waals surface area (Å²) in [6.07, 6.45) is 1.10. The van der Waals surface area contributed by atoms with E-state index in [1.54, 1.807) is 6.07 Å². The van der Waals surface area contributed by atoms with E-state index in [4.69, 9.17) is 4.74 Å². The first-order chi connectivity index (χ1) is 9.99. The molecule has 1 aromatic rings. The van der Waals surface area contributed by atoms with E-state index in [9.17, 15) is 10.1 Å². The first kappa shape index (κ1) is 15.7. The Morgan fingerprint density at radius 3 is 2.86 bits per heavy atom. The summed E-state index contributed by atoms with van der Waals surface area (Å²) in [5.41, 5.74) is 0.953. The van der Waals surface area contributed by atoms with E-state index < -0.39 is 0 Å². The van der Waals surface area contributed by atoms with Crippen LogP contribution in [0.3, 0.4) is 0 Å². The summed E-state index contributed by atoms with van der Waals surface area (Å²) in [5, 5.41) is 14.5. The Morgan fingerprint density at radius 2 is 2.24 bits per heavy atom. The van der Waals surface area contributed by atoms with Gasteiger partial charge in [0, 0.05) is 25.2 Å². The number of likely N-dealkylation sites (tertiary alicyclic amines) is 1. The molecule has 2 atom stereocenters. The normalized spacial score (nSPS) is 23.0. The number of nitro benzene ring substituents is 1. The zero-order chi connectivity index (χ0) is 15.4. The standard InChI is InChI=1S/C15H23N3O3/c1-11-10-17(2)5-4-15(11)16-9-12-6-13(18(19)20)8-14(7-12)21-3/h6-8,11,15-16H,4-5,9-10H2,1-3H3. The molecular weight excluding hydrogens is 270 g/mol. The number of hydrogen-bond donors (Lipinski definition) is 1. The van der Waals surface area contributed by atoms with Gasteiger partial charge in [-0.1, -0.05) is 6.92 Å². The molecule has 2 unspecified atom stereocenters. The van der Waals surface area contributed by atoms with Crippen LogP contribution in [0.5, 0.6) is 5.75 Å². The van der Waals surface area contributed by atoms with Gasteiger partial charge in [-0.3, -0.25) is 10.1 Å². The van der Waals surface area contributed by atoms with Gasteiger partial charge in [0.2, 0.25) is 0 Å². The molecule has 2 rings (SSSR count). The van der Waals surface area contributed by atoms with Crippen LogP contribution < -0.4 is 10.1 Å². The van der Waals surface area contributed by atoms with Crippen molar-refractivity contribution in [3.8, 4) is 5.75 Å². The van der Waals surface area contributed by atoms with Crippen molar-refractivity contribution >= 4 is 5.69 Å². The van der Waals surface area contributed by atoms with E-state index in [1.807, 2.05) is 6.07 Å². The molecule has 1 saturated heterocycles. The van der Waals surface area contributed by atoms with Crippen LogP contribution in [0.2, 0.25) is 0 Å². The Hall–Kier alpha value is -1.66. The highest BCUT2D eigenvalue weighted by atomic mass is 16.6. The fourth-order valence-corrected chi connectivity index (χ4v) is 2.88. The summed E-state index contributed by atoms with van der Waals surface area (Å²) in [4.78, 5) is 12.9. The van der Waals surface area contributed by atoms with Gasteiger partial charge in [0.05, 0.1) is 18.1 Å². The first-order valence-corrected chi connectivity index (χ1v) is 7.24. The minimum absolute atomic E-state index is 0.0718. The molecule has 6 heteroatoms. The fourth-order valence-electron chi connectivity index (χ4n) is 2.88. The number of methoxy groups -OCH3 is 1. The lowest BCUT2D eigenvalue weighted by Gasteiger charge is -2.35. The van der Waals surface area contributed by atoms with Gasteiger partial charge >= 0.3 is 0 Å². The van der Waals surface area contributed by atoms with Crippen molar-refractivity contribution in [1.82, 2.24) is 10.2 Å². The van der Waals surface area contributed by atoms with Crippen molar-refractivity contribution in [3.63, 3.8) is 0 Å². The largest absolute Gasteiger partial charge is 0.496 e. The molecule has 21 heavy (non-hydrogen) atoms. The molecule has 0 bridgehead atoms. The minimum Gasteiger partial charge on any atom is -0.496 e. The minimum atomic E-state index is -0.385. The van der Waals surface area contributed by atoms with Gasteiger partial charge in [0.25, 0.3) is 5.69 Å². The van der Waals surface area contributed by atoms with Crippen LogP contribution in [0.25, 0.3) is 0 Å². The van der Waals surface area contributed by atoms with Crippen LogP contribution >= 0.6 is 0 Å². The molecule has 0 saturated carbocycles. The average molecular weight is 293 g/mol. The monoisotopic (exact) mass is 293 g/mol. The lowest BCUT2D eigenvalue weighted by Crippen LogP contribution is -2.46. The van der Waals surface area contributed by atoms with Crippen LogP contribution in [0, 0.1) is 16.0 Å². The molecule has 1 aliphatic heterocycles. The summed E-state index contributed by atoms with van der Waals surface area (Å²) in [7, 11) is 3.66. The zero-order valence-electron chi connectivity index (χ0n) is 12.8. The predicted molar refractivity (Wildman–Crippen MR) is 81.6 cm³/mol. The van der Waals surface area contributed by atoms with E-state index in [2.05, 4.69) is 24.2 Å². The van der Waals surface area contributed by atoms with Crippen LogP contribution in [0.4, 0.5) is 5.69 Å². The quantitative estimate of drug-likeness (QED) is 0.664. The second-order valence-corrected chi connectivity index (χ2v) is 5.81. The second kappa shape index (κ2) is 6.87. The van der Waals surface area contributed by atoms with Crippen molar-refractivity contribution in [2.45, 2.75) is 25.9 Å². The number of nitrogens with one attached hydrogen (secondary N) is 1. The van der Waals surface area contributed by atoms with E-state index >= 15 is 0 Å². The SMILES string of the molecule is COc1cc(CNC2CCN(C)CC2C)cc([N+](=O)[O-])c1. The average Bonchev–Trinajstić information content (AvgIpc) is 2.46. The second-order valence-electron chi connectivity index (χ2n) is 5.81. The molecule has 0 aromatic heterocycles. The number of hydrogen-bond acceptors (Lipinski definition) is 5. The van der Waals surface area contributed by atoms with Crippen LogP contribution in [-0.2, 0) is 6.54 Å². The number of non-ortho nitro benzene ring substituents is 1. The Balaban J connectivity index is 2.02. The van der Waals surface area contributed by atoms with Crippen LogP contribution in [-0.4, -0.2) is 43.1 Å². The molecule has 0 radical (unpaired) electrons. The van der Waals surface area contributed by atoms with Gasteiger partial charge in [-0.2, -0.15) is 0 Å². The Labute approximate surface area is 125 Å². The molecule has 0 amide bonds. The Morgan fingerprint density at radius 1 is 1.48 bits per heavy atom. The molecule has 1 fully saturated rings. The van der Waals surface area contributed by atoms with E-state index in [-0.39, 0.29) is 10.6 Å². The molecule has 116 valence electrons. The Kier molecular flexibility index (Phi) is 5.14. The molecule has 1 N–H and O–H groups in total. The highest BCUT2D eigenvalue weighted by Crippen LogP contribution is 2.23. The number of nitrogens with zero attached hydrogens (tertiary/aromatic N) is 2. The van der Waals surface area contributed by atoms with E-state index in [1.165, 1.54) is 13.2 Å². The summed E-state index contributed by atoms with van der Waals surface area (Å²) in [6.45, 7) is 5.02. The zero-order valence-corrected chi connectivity index (χ0v) is 12.8. The van der Waals surface area contributed by atoms with Crippen molar-refractivity contribution in [2.24, 2.45) is 5.92 Å². The highest BCUT2D eigenvalue weighted by molar-refractivity contribution is 5.42. The third-order valence-corrected chi connectivity index (χ3v) is 4.07. The topological polar surface area (TPSA) is 67.6 Å². The van der Waals surface area contributed by atoms with Crippen LogP contribution in [0.15, 0.2) is 18.2 Å². The van der Waals surface area contributed by atoms with E-state index in [0.29, 0.717) is 24.3 Å². The number of nitro groups is 1. The van der Waals surface area contributed by atoms with Gasteiger partial charge in [0.1, 0.15) is 5.75 Å². The van der Waals surface area contributed by atoms with Gasteiger partial charge in [-0.25, -0.2) is 0 Å². The molecule has 1 aliphatic rings. The summed E-state index contributed by atoms with van der Waals surface area (Å²) in [6, 6.07) is 5.35. The molecule has 6 nitrogen and oxygen atoms in total. The Bertz CT molecular complexity index is 507. The van der Waals surface area contributed by atoms with E-state index in [0.717, 1.165) is 25.1 Å². The molecule has 1 heterocycles. The highest BCUT2D eigenvalue weighted by Gasteiger charge is 2.23. The maximum Gasteiger partial charge on any atom is 0.273 e. The molecule has 1 aromatic carbocycles. The van der Waals surface area contributed by atoms with Gasteiger partial charge < -0.3 is 15.0 Å². The molecule has 0 spiro atoms. The molecule has 0 aliphatic carbocycles. The maximum atomic E-state index is 10.9.